The molecule has 0 unspecified atom stereocenters. The van der Waals surface area contributed by atoms with Crippen LogP contribution in [-0.2, 0) is 57.1 Å². The van der Waals surface area contributed by atoms with E-state index in [4.69, 9.17) is 37.9 Å². The molecule has 0 bridgehead atoms. The van der Waals surface area contributed by atoms with Crippen molar-refractivity contribution in [3.05, 3.63) is 24.3 Å². The molecule has 3 N–H and O–H groups in total. The summed E-state index contributed by atoms with van der Waals surface area (Å²) in [6.45, 7) is 12.2. The molecule has 3 heterocycles. The number of methoxy groups -OCH3 is 1. The summed E-state index contributed by atoms with van der Waals surface area (Å²) in [7, 11) is 4.85. The Morgan fingerprint density at radius 3 is 2.31 bits per heavy atom. The van der Waals surface area contributed by atoms with Gasteiger partial charge in [-0.15, -0.1) is 0 Å². The quantitative estimate of drug-likeness (QED) is 0.139. The zero-order valence-corrected chi connectivity index (χ0v) is 35.9. The number of hydrogen-bond acceptors (Lipinski definition) is 16. The fraction of sp³-hybridized carbons (Fsp3) is 0.810. The van der Waals surface area contributed by atoms with Crippen LogP contribution in [0.3, 0.4) is 0 Å². The van der Waals surface area contributed by atoms with E-state index < -0.39 is 116 Å². The van der Waals surface area contributed by atoms with Crippen LogP contribution in [-0.4, -0.2) is 151 Å². The molecule has 16 atom stereocenters. The van der Waals surface area contributed by atoms with Gasteiger partial charge in [0.25, 0.3) is 0 Å². The highest BCUT2D eigenvalue weighted by Crippen LogP contribution is 2.39. The zero-order chi connectivity index (χ0) is 43.3. The summed E-state index contributed by atoms with van der Waals surface area (Å²) in [4.78, 5) is 52.1. The molecule has 332 valence electrons. The van der Waals surface area contributed by atoms with E-state index in [0.29, 0.717) is 19.1 Å². The van der Waals surface area contributed by atoms with E-state index >= 15 is 0 Å². The highest BCUT2D eigenvalue weighted by atomic mass is 16.7. The molecule has 0 aromatic carbocycles. The van der Waals surface area contributed by atoms with Crippen molar-refractivity contribution >= 4 is 24.2 Å². The van der Waals surface area contributed by atoms with Crippen LogP contribution in [0.4, 0.5) is 0 Å². The molecule has 0 saturated carbocycles. The normalized spacial score (nSPS) is 39.5. The second-order valence-corrected chi connectivity index (χ2v) is 16.3. The lowest BCUT2D eigenvalue weighted by Gasteiger charge is -2.50. The smallest absolute Gasteiger partial charge is 0.308 e. The van der Waals surface area contributed by atoms with Gasteiger partial charge in [-0.2, -0.15) is 0 Å². The predicted molar refractivity (Wildman–Crippen MR) is 210 cm³/mol. The lowest BCUT2D eigenvalue weighted by molar-refractivity contribution is -0.344. The maximum atomic E-state index is 12.9. The molecule has 0 aromatic heterocycles. The molecule has 2 fully saturated rings. The summed E-state index contributed by atoms with van der Waals surface area (Å²) in [5.41, 5.74) is -1.30. The Kier molecular flexibility index (Phi) is 19.9. The summed E-state index contributed by atoms with van der Waals surface area (Å²) >= 11 is 0. The molecule has 3 aliphatic rings. The van der Waals surface area contributed by atoms with Crippen LogP contribution in [0.2, 0.25) is 0 Å². The number of aldehydes is 1. The number of cyclic esters (lactones) is 1. The molecule has 3 rings (SSSR count). The van der Waals surface area contributed by atoms with Crippen LogP contribution in [0.25, 0.3) is 0 Å². The number of ether oxygens (including phenoxy) is 8. The average Bonchev–Trinajstić information content (AvgIpc) is 3.13. The van der Waals surface area contributed by atoms with Gasteiger partial charge >= 0.3 is 17.9 Å². The first-order valence-electron chi connectivity index (χ1n) is 20.6. The van der Waals surface area contributed by atoms with Crippen molar-refractivity contribution in [3.63, 3.8) is 0 Å². The van der Waals surface area contributed by atoms with Crippen molar-refractivity contribution in [3.8, 4) is 0 Å². The molecule has 2 saturated heterocycles. The Labute approximate surface area is 343 Å². The first kappa shape index (κ1) is 49.6. The van der Waals surface area contributed by atoms with Crippen LogP contribution in [0.5, 0.6) is 0 Å². The van der Waals surface area contributed by atoms with Crippen LogP contribution in [0.1, 0.15) is 99.8 Å². The van der Waals surface area contributed by atoms with E-state index in [0.717, 1.165) is 0 Å². The van der Waals surface area contributed by atoms with Gasteiger partial charge in [-0.1, -0.05) is 45.1 Å². The first-order valence-corrected chi connectivity index (χ1v) is 20.6. The number of likely N-dealkylation sites (N-methyl/N-ethyl adjacent to an activating group) is 1. The van der Waals surface area contributed by atoms with E-state index in [1.165, 1.54) is 7.11 Å². The Morgan fingerprint density at radius 2 is 1.69 bits per heavy atom. The molecule has 0 spiro atoms. The van der Waals surface area contributed by atoms with E-state index in [2.05, 4.69) is 0 Å². The summed E-state index contributed by atoms with van der Waals surface area (Å²) in [6, 6.07) is -0.783. The minimum atomic E-state index is -1.45. The summed E-state index contributed by atoms with van der Waals surface area (Å²) < 4.78 is 48.8. The highest BCUT2D eigenvalue weighted by molar-refractivity contribution is 5.71. The highest BCUT2D eigenvalue weighted by Gasteiger charge is 2.54. The molecule has 0 aromatic rings. The van der Waals surface area contributed by atoms with Gasteiger partial charge in [-0.3, -0.25) is 14.4 Å². The molecule has 58 heavy (non-hydrogen) atoms. The number of allylic oxidation sites excluding steroid dienone is 2. The van der Waals surface area contributed by atoms with Gasteiger partial charge in [0.15, 0.2) is 24.3 Å². The monoisotopic (exact) mass is 827 g/mol. The fourth-order valence-corrected chi connectivity index (χ4v) is 8.07. The average molecular weight is 828 g/mol. The second kappa shape index (κ2) is 23.3. The van der Waals surface area contributed by atoms with Gasteiger partial charge in [-0.05, 0) is 66.5 Å². The minimum absolute atomic E-state index is 0.00608. The SMILES string of the molecule is CCCC(=O)O[C@H]1[C@H](C)O[C@@H](O[C@H]2[C@H](N(C)C)[C@@H](O)[C@H](O[C@H]3[C@@H](CC=O)C[C@@H](C)[C@@H](O)C=CC=CC[C@@H](C)OC(=O)C[C@@H](O)[C@@H]3OC)O[C@@H]2C)C[C@@]1(C)OC(=O)CC. The van der Waals surface area contributed by atoms with Crippen molar-refractivity contribution < 1.29 is 72.4 Å². The molecular weight excluding hydrogens is 758 g/mol. The number of hydrogen-bond donors (Lipinski definition) is 3. The standard InChI is InChI=1S/C42H69NO15/c1-11-16-32(48)55-40-27(6)53-34(23-42(40,7)58-31(47)12-2)56-37-26(5)54-41(36(50)35(37)43(8)9)57-38-28(19-20-44)21-24(3)29(45)18-15-13-14-17-25(4)52-33(49)22-30(46)39(38)51-10/h13-15,18,20,24-30,34-41,45-46,50H,11-12,16-17,19,21-23H2,1-10H3/t24-,25-,26-,27+,28+,29+,30-,34+,35-,36-,37-,38+,39+,40+,41+,42-/m1/s1. The fourth-order valence-electron chi connectivity index (χ4n) is 8.07. The van der Waals surface area contributed by atoms with Crippen molar-refractivity contribution in [1.82, 2.24) is 4.90 Å². The Hall–Kier alpha value is -2.80. The van der Waals surface area contributed by atoms with Crippen molar-refractivity contribution in [2.45, 2.75) is 185 Å². The van der Waals surface area contributed by atoms with E-state index in [1.807, 2.05) is 19.9 Å². The lowest BCUT2D eigenvalue weighted by Crippen LogP contribution is -2.66. The first-order chi connectivity index (χ1) is 27.4. The molecule has 3 aliphatic heterocycles. The number of aliphatic hydroxyl groups excluding tert-OH is 3. The largest absolute Gasteiger partial charge is 0.462 e. The summed E-state index contributed by atoms with van der Waals surface area (Å²) in [5, 5.41) is 34.5. The summed E-state index contributed by atoms with van der Waals surface area (Å²) in [5.74, 6) is -2.64. The van der Waals surface area contributed by atoms with Gasteiger partial charge in [0.05, 0.1) is 43.0 Å². The Bertz CT molecular complexity index is 1380. The number of rotatable bonds is 13. The third kappa shape index (κ3) is 13.6. The van der Waals surface area contributed by atoms with E-state index in [-0.39, 0.29) is 38.0 Å². The number of carbonyl (C=O) groups excluding carboxylic acids is 4. The molecule has 16 nitrogen and oxygen atoms in total. The second-order valence-electron chi connectivity index (χ2n) is 16.3. The van der Waals surface area contributed by atoms with Crippen LogP contribution >= 0.6 is 0 Å². The van der Waals surface area contributed by atoms with Gasteiger partial charge in [0.1, 0.15) is 30.7 Å². The minimum Gasteiger partial charge on any atom is -0.462 e. The van der Waals surface area contributed by atoms with Crippen molar-refractivity contribution in [2.75, 3.05) is 21.2 Å². The number of nitrogens with zero attached hydrogens (tertiary/aromatic N) is 1. The topological polar surface area (TPSA) is 206 Å². The van der Waals surface area contributed by atoms with Gasteiger partial charge in [0, 0.05) is 39.2 Å². The molecule has 0 radical (unpaired) electrons. The Balaban J connectivity index is 1.95. The third-order valence-corrected chi connectivity index (χ3v) is 11.1. The zero-order valence-electron chi connectivity index (χ0n) is 35.9. The number of aliphatic hydroxyl groups is 3. The summed E-state index contributed by atoms with van der Waals surface area (Å²) in [6.07, 6.45) is -3.49. The Morgan fingerprint density at radius 1 is 0.983 bits per heavy atom. The molecular formula is C42H69NO15. The predicted octanol–water partition coefficient (Wildman–Crippen LogP) is 3.16. The lowest BCUT2D eigenvalue weighted by atomic mass is 9.82. The molecule has 0 aliphatic carbocycles. The van der Waals surface area contributed by atoms with Crippen LogP contribution in [0, 0.1) is 11.8 Å². The maximum absolute atomic E-state index is 12.9. The maximum Gasteiger partial charge on any atom is 0.308 e. The number of carbonyl (C=O) groups is 4. The van der Waals surface area contributed by atoms with Crippen LogP contribution in [0.15, 0.2) is 24.3 Å². The molecule has 16 heteroatoms. The van der Waals surface area contributed by atoms with Gasteiger partial charge in [0.2, 0.25) is 0 Å². The van der Waals surface area contributed by atoms with E-state index in [1.54, 1.807) is 71.8 Å². The number of esters is 3. The third-order valence-electron chi connectivity index (χ3n) is 11.1. The molecule has 0 amide bonds. The van der Waals surface area contributed by atoms with Crippen molar-refractivity contribution in [1.29, 1.82) is 0 Å². The van der Waals surface area contributed by atoms with Gasteiger partial charge < -0.3 is 62.9 Å². The van der Waals surface area contributed by atoms with E-state index in [9.17, 15) is 34.5 Å². The van der Waals surface area contributed by atoms with Crippen LogP contribution < -0.4 is 0 Å². The van der Waals surface area contributed by atoms with Gasteiger partial charge in [-0.25, -0.2) is 0 Å². The van der Waals surface area contributed by atoms with Crippen molar-refractivity contribution in [2.24, 2.45) is 11.8 Å².